The molecule has 130 valence electrons. The van der Waals surface area contributed by atoms with Crippen molar-refractivity contribution in [1.29, 1.82) is 0 Å². The molecular weight excluding hydrogens is 318 g/mol. The van der Waals surface area contributed by atoms with E-state index in [-0.39, 0.29) is 24.5 Å². The Balaban J connectivity index is 1.45. The van der Waals surface area contributed by atoms with Gasteiger partial charge in [0.25, 0.3) is 0 Å². The number of hydrogen-bond acceptors (Lipinski definition) is 7. The highest BCUT2D eigenvalue weighted by Gasteiger charge is 2.38. The van der Waals surface area contributed by atoms with Crippen molar-refractivity contribution in [2.24, 2.45) is 15.0 Å². The normalized spacial score (nSPS) is 25.1. The van der Waals surface area contributed by atoms with E-state index < -0.39 is 0 Å². The number of aliphatic imine (C=N–C) groups is 3. The fraction of sp³-hybridized carbons (Fsp3) is 0.444. The average molecular weight is 339 g/mol. The second kappa shape index (κ2) is 6.76. The summed E-state index contributed by atoms with van der Waals surface area (Å²) in [5, 5.41) is 0. The number of amidine groups is 1. The summed E-state index contributed by atoms with van der Waals surface area (Å²) in [4.78, 5) is 30.1. The lowest BCUT2D eigenvalue weighted by Crippen LogP contribution is -2.51. The molecule has 0 aliphatic carbocycles. The molecule has 0 N–H and O–H groups in total. The van der Waals surface area contributed by atoms with Crippen molar-refractivity contribution in [2.75, 3.05) is 32.8 Å². The lowest BCUT2D eigenvalue weighted by molar-refractivity contribution is 0.0662. The van der Waals surface area contributed by atoms with Crippen LogP contribution in [0.4, 0.5) is 0 Å². The number of aryl methyl sites for hydroxylation is 1. The Hall–Kier alpha value is -2.54. The maximum absolute atomic E-state index is 12.6. The van der Waals surface area contributed by atoms with Gasteiger partial charge in [-0.3, -0.25) is 9.79 Å². The summed E-state index contributed by atoms with van der Waals surface area (Å²) in [5.74, 6) is 0.988. The molecule has 1 fully saturated rings. The lowest BCUT2D eigenvalue weighted by Gasteiger charge is -2.35. The highest BCUT2D eigenvalue weighted by molar-refractivity contribution is 6.00. The summed E-state index contributed by atoms with van der Waals surface area (Å²) in [7, 11) is 0. The topological polar surface area (TPSA) is 69.9 Å². The molecule has 4 rings (SSSR count). The molecule has 3 heterocycles. The van der Waals surface area contributed by atoms with Crippen molar-refractivity contribution < 1.29 is 9.53 Å². The Morgan fingerprint density at radius 3 is 2.72 bits per heavy atom. The second-order valence-corrected chi connectivity index (χ2v) is 6.44. The third-order valence-corrected chi connectivity index (χ3v) is 4.71. The summed E-state index contributed by atoms with van der Waals surface area (Å²) < 4.78 is 5.41. The molecule has 0 bridgehead atoms. The second-order valence-electron chi connectivity index (χ2n) is 6.44. The van der Waals surface area contributed by atoms with Crippen LogP contribution < -0.4 is 0 Å². The Morgan fingerprint density at radius 1 is 1.20 bits per heavy atom. The van der Waals surface area contributed by atoms with E-state index in [2.05, 4.69) is 19.9 Å². The molecule has 25 heavy (non-hydrogen) atoms. The SMILES string of the molecule is Cc1ccc(C(=O)CN2C=NC3C(N4CCOCC4)=NC=NC32)cc1. The smallest absolute Gasteiger partial charge is 0.182 e. The van der Waals surface area contributed by atoms with Crippen LogP contribution in [0.15, 0.2) is 39.2 Å². The number of ether oxygens (including phenoxy) is 1. The number of rotatable bonds is 3. The number of fused-ring (bicyclic) bond motifs is 1. The maximum Gasteiger partial charge on any atom is 0.182 e. The summed E-state index contributed by atoms with van der Waals surface area (Å²) in [5.41, 5.74) is 1.85. The van der Waals surface area contributed by atoms with Gasteiger partial charge in [0.2, 0.25) is 0 Å². The van der Waals surface area contributed by atoms with Gasteiger partial charge in [0, 0.05) is 18.7 Å². The van der Waals surface area contributed by atoms with Gasteiger partial charge >= 0.3 is 0 Å². The van der Waals surface area contributed by atoms with E-state index in [9.17, 15) is 4.79 Å². The number of carbonyl (C=O) groups is 1. The first-order valence-electron chi connectivity index (χ1n) is 8.53. The molecule has 7 nitrogen and oxygen atoms in total. The van der Waals surface area contributed by atoms with Gasteiger partial charge in [-0.15, -0.1) is 0 Å². The van der Waals surface area contributed by atoms with Gasteiger partial charge in [-0.1, -0.05) is 29.8 Å². The van der Waals surface area contributed by atoms with Crippen LogP contribution in [0.5, 0.6) is 0 Å². The minimum atomic E-state index is -0.190. The van der Waals surface area contributed by atoms with Crippen LogP contribution in [0, 0.1) is 6.92 Å². The molecule has 0 amide bonds. The van der Waals surface area contributed by atoms with Crippen molar-refractivity contribution in [3.63, 3.8) is 0 Å². The van der Waals surface area contributed by atoms with Crippen LogP contribution in [0.25, 0.3) is 0 Å². The standard InChI is InChI=1S/C18H21N5O2/c1-13-2-4-14(5-3-13)15(24)10-23-12-21-16-17(19-11-20-18(16)23)22-6-8-25-9-7-22/h2-5,11-12,16,18H,6-10H2,1H3. The molecule has 3 aliphatic rings. The van der Waals surface area contributed by atoms with Gasteiger partial charge < -0.3 is 14.5 Å². The molecule has 2 unspecified atom stereocenters. The number of morpholine rings is 1. The zero-order chi connectivity index (χ0) is 17.2. The first-order chi connectivity index (χ1) is 12.2. The third-order valence-electron chi connectivity index (χ3n) is 4.71. The van der Waals surface area contributed by atoms with Gasteiger partial charge in [-0.2, -0.15) is 0 Å². The minimum absolute atomic E-state index is 0.0673. The molecule has 7 heteroatoms. The Morgan fingerprint density at radius 2 is 1.96 bits per heavy atom. The van der Waals surface area contributed by atoms with Gasteiger partial charge in [0.1, 0.15) is 18.2 Å². The van der Waals surface area contributed by atoms with Crippen LogP contribution in [0.3, 0.4) is 0 Å². The van der Waals surface area contributed by atoms with E-state index >= 15 is 0 Å². The number of nitrogens with zero attached hydrogens (tertiary/aromatic N) is 5. The number of benzene rings is 1. The van der Waals surface area contributed by atoms with Crippen molar-refractivity contribution in [1.82, 2.24) is 9.80 Å². The molecular formula is C18H21N5O2. The van der Waals surface area contributed by atoms with E-state index in [1.165, 1.54) is 0 Å². The molecule has 0 spiro atoms. The number of carbonyl (C=O) groups excluding carboxylic acids is 1. The zero-order valence-corrected chi connectivity index (χ0v) is 14.2. The quantitative estimate of drug-likeness (QED) is 0.770. The monoisotopic (exact) mass is 339 g/mol. The summed E-state index contributed by atoms with van der Waals surface area (Å²) in [6, 6.07) is 7.50. The fourth-order valence-electron chi connectivity index (χ4n) is 3.28. The van der Waals surface area contributed by atoms with Gasteiger partial charge in [-0.25, -0.2) is 9.98 Å². The summed E-state index contributed by atoms with van der Waals surface area (Å²) >= 11 is 0. The predicted octanol–water partition coefficient (Wildman–Crippen LogP) is 0.989. The van der Waals surface area contributed by atoms with E-state index in [1.807, 2.05) is 36.1 Å². The van der Waals surface area contributed by atoms with Crippen molar-refractivity contribution >= 4 is 24.3 Å². The highest BCUT2D eigenvalue weighted by atomic mass is 16.5. The first kappa shape index (κ1) is 16.0. The van der Waals surface area contributed by atoms with E-state index in [0.29, 0.717) is 18.8 Å². The maximum atomic E-state index is 12.6. The predicted molar refractivity (Wildman–Crippen MR) is 96.6 cm³/mol. The number of hydrogen-bond donors (Lipinski definition) is 0. The third kappa shape index (κ3) is 3.19. The largest absolute Gasteiger partial charge is 0.378 e. The molecule has 3 aliphatic heterocycles. The Kier molecular flexibility index (Phi) is 4.31. The van der Waals surface area contributed by atoms with E-state index in [1.54, 1.807) is 12.7 Å². The van der Waals surface area contributed by atoms with Crippen molar-refractivity contribution in [2.45, 2.75) is 19.1 Å². The average Bonchev–Trinajstić information content (AvgIpc) is 3.06. The van der Waals surface area contributed by atoms with Crippen LogP contribution >= 0.6 is 0 Å². The number of ketones is 1. The molecule has 1 aromatic rings. The molecule has 0 radical (unpaired) electrons. The molecule has 1 aromatic carbocycles. The van der Waals surface area contributed by atoms with E-state index in [4.69, 9.17) is 4.74 Å². The molecule has 2 atom stereocenters. The summed E-state index contributed by atoms with van der Waals surface area (Å²) in [6.45, 7) is 5.30. The van der Waals surface area contributed by atoms with Crippen LogP contribution in [0.1, 0.15) is 15.9 Å². The van der Waals surface area contributed by atoms with Crippen LogP contribution in [0.2, 0.25) is 0 Å². The Labute approximate surface area is 146 Å². The highest BCUT2D eigenvalue weighted by Crippen LogP contribution is 2.22. The molecule has 1 saturated heterocycles. The van der Waals surface area contributed by atoms with Crippen LogP contribution in [-0.4, -0.2) is 79.2 Å². The molecule has 0 saturated carbocycles. The van der Waals surface area contributed by atoms with Gasteiger partial charge in [0.15, 0.2) is 11.9 Å². The van der Waals surface area contributed by atoms with Crippen LogP contribution in [-0.2, 0) is 4.74 Å². The minimum Gasteiger partial charge on any atom is -0.378 e. The van der Waals surface area contributed by atoms with Gasteiger partial charge in [-0.05, 0) is 6.92 Å². The zero-order valence-electron chi connectivity index (χ0n) is 14.2. The lowest BCUT2D eigenvalue weighted by atomic mass is 10.1. The summed E-state index contributed by atoms with van der Waals surface area (Å²) in [6.07, 6.45) is 3.13. The Bertz CT molecular complexity index is 734. The van der Waals surface area contributed by atoms with E-state index in [0.717, 1.165) is 24.5 Å². The first-order valence-corrected chi connectivity index (χ1v) is 8.53. The fourth-order valence-corrected chi connectivity index (χ4v) is 3.28. The molecule has 0 aromatic heterocycles. The van der Waals surface area contributed by atoms with Gasteiger partial charge in [0.05, 0.1) is 26.1 Å². The van der Waals surface area contributed by atoms with Crippen molar-refractivity contribution in [3.05, 3.63) is 35.4 Å². The van der Waals surface area contributed by atoms with Crippen molar-refractivity contribution in [3.8, 4) is 0 Å². The number of Topliss-reactive ketones (excluding diaryl/α,β-unsaturated/α-hetero) is 1.